The third kappa shape index (κ3) is 4.75. The maximum Gasteiger partial charge on any atom is 0.251 e. The first-order chi connectivity index (χ1) is 8.50. The van der Waals surface area contributed by atoms with Crippen LogP contribution in [0.1, 0.15) is 30.6 Å². The van der Waals surface area contributed by atoms with Gasteiger partial charge in [0.05, 0.1) is 0 Å². The van der Waals surface area contributed by atoms with Crippen LogP contribution in [0.15, 0.2) is 24.3 Å². The van der Waals surface area contributed by atoms with Crippen LogP contribution in [-0.4, -0.2) is 42.1 Å². The van der Waals surface area contributed by atoms with Crippen molar-refractivity contribution in [1.82, 2.24) is 10.2 Å². The molecule has 0 aliphatic carbocycles. The first-order valence-electron chi connectivity index (χ1n) is 6.28. The zero-order valence-electron chi connectivity index (χ0n) is 11.3. The number of phenols is 1. The molecule has 1 rings (SSSR count). The average molecular weight is 250 g/mol. The lowest BCUT2D eigenvalue weighted by molar-refractivity contribution is 0.0951. The maximum absolute atomic E-state index is 11.7. The highest BCUT2D eigenvalue weighted by Crippen LogP contribution is 2.09. The molecular weight excluding hydrogens is 228 g/mol. The summed E-state index contributed by atoms with van der Waals surface area (Å²) in [5.74, 6) is 0.0762. The van der Waals surface area contributed by atoms with E-state index in [2.05, 4.69) is 31.1 Å². The van der Waals surface area contributed by atoms with Crippen LogP contribution in [-0.2, 0) is 0 Å². The Morgan fingerprint density at radius 3 is 2.50 bits per heavy atom. The van der Waals surface area contributed by atoms with Crippen LogP contribution in [0.5, 0.6) is 5.75 Å². The summed E-state index contributed by atoms with van der Waals surface area (Å²) in [4.78, 5) is 14.0. The minimum absolute atomic E-state index is 0.0952. The lowest BCUT2D eigenvalue weighted by Crippen LogP contribution is -2.31. The highest BCUT2D eigenvalue weighted by molar-refractivity contribution is 5.94. The second-order valence-corrected chi connectivity index (χ2v) is 4.73. The number of phenolic OH excluding ortho intramolecular Hbond substituents is 1. The normalized spacial score (nSPS) is 10.9. The molecule has 18 heavy (non-hydrogen) atoms. The molecule has 0 spiro atoms. The fourth-order valence-corrected chi connectivity index (χ4v) is 1.50. The van der Waals surface area contributed by atoms with Gasteiger partial charge in [-0.3, -0.25) is 4.79 Å². The number of hydrogen-bond donors (Lipinski definition) is 2. The lowest BCUT2D eigenvalue weighted by Gasteiger charge is -2.20. The Bertz CT molecular complexity index is 374. The van der Waals surface area contributed by atoms with E-state index >= 15 is 0 Å². The van der Waals surface area contributed by atoms with Gasteiger partial charge in [-0.2, -0.15) is 0 Å². The number of carbonyl (C=O) groups is 1. The Morgan fingerprint density at radius 2 is 1.94 bits per heavy atom. The van der Waals surface area contributed by atoms with E-state index in [1.165, 1.54) is 12.1 Å². The predicted molar refractivity (Wildman–Crippen MR) is 72.8 cm³/mol. The molecule has 1 amide bonds. The molecule has 0 unspecified atom stereocenters. The Kier molecular flexibility index (Phi) is 5.65. The molecule has 0 radical (unpaired) electrons. The smallest absolute Gasteiger partial charge is 0.251 e. The molecule has 0 fully saturated rings. The van der Waals surface area contributed by atoms with Crippen molar-refractivity contribution in [2.24, 2.45) is 0 Å². The van der Waals surface area contributed by atoms with E-state index < -0.39 is 0 Å². The molecule has 0 saturated heterocycles. The second-order valence-electron chi connectivity index (χ2n) is 4.73. The third-order valence-corrected chi connectivity index (χ3v) is 2.98. The molecule has 0 aliphatic rings. The highest BCUT2D eigenvalue weighted by Gasteiger charge is 2.05. The van der Waals surface area contributed by atoms with Gasteiger partial charge >= 0.3 is 0 Å². The van der Waals surface area contributed by atoms with Crippen LogP contribution in [0.2, 0.25) is 0 Å². The van der Waals surface area contributed by atoms with E-state index in [0.717, 1.165) is 13.0 Å². The van der Waals surface area contributed by atoms with Gasteiger partial charge in [-0.15, -0.1) is 0 Å². The van der Waals surface area contributed by atoms with E-state index in [1.807, 2.05) is 0 Å². The molecule has 0 saturated carbocycles. The van der Waals surface area contributed by atoms with Crippen LogP contribution < -0.4 is 5.32 Å². The van der Waals surface area contributed by atoms with Gasteiger partial charge in [0.15, 0.2) is 0 Å². The number of carbonyl (C=O) groups excluding carboxylic acids is 1. The largest absolute Gasteiger partial charge is 0.508 e. The second kappa shape index (κ2) is 7.01. The molecule has 1 aromatic rings. The van der Waals surface area contributed by atoms with Crippen molar-refractivity contribution in [3.05, 3.63) is 29.8 Å². The summed E-state index contributed by atoms with van der Waals surface area (Å²) >= 11 is 0. The van der Waals surface area contributed by atoms with Crippen molar-refractivity contribution in [3.63, 3.8) is 0 Å². The van der Waals surface area contributed by atoms with E-state index in [9.17, 15) is 4.79 Å². The molecule has 4 heteroatoms. The monoisotopic (exact) mass is 250 g/mol. The van der Waals surface area contributed by atoms with Gasteiger partial charge in [0.2, 0.25) is 0 Å². The van der Waals surface area contributed by atoms with Gasteiger partial charge in [0, 0.05) is 18.2 Å². The standard InChI is InChI=1S/C14H22N2O2/c1-11(2)16(3)10-4-9-15-14(18)12-5-7-13(17)8-6-12/h5-8,11,17H,4,9-10H2,1-3H3,(H,15,18). The van der Waals surface area contributed by atoms with Gasteiger partial charge in [-0.1, -0.05) is 0 Å². The molecule has 0 atom stereocenters. The number of nitrogens with one attached hydrogen (secondary N) is 1. The maximum atomic E-state index is 11.7. The van der Waals surface area contributed by atoms with E-state index in [4.69, 9.17) is 5.11 Å². The Morgan fingerprint density at radius 1 is 1.33 bits per heavy atom. The molecule has 2 N–H and O–H groups in total. The molecule has 1 aromatic carbocycles. The predicted octanol–water partition coefficient (Wildman–Crippen LogP) is 1.85. The number of aromatic hydroxyl groups is 1. The zero-order valence-corrected chi connectivity index (χ0v) is 11.3. The summed E-state index contributed by atoms with van der Waals surface area (Å²) in [5.41, 5.74) is 0.574. The topological polar surface area (TPSA) is 52.6 Å². The average Bonchev–Trinajstić information content (AvgIpc) is 2.34. The third-order valence-electron chi connectivity index (χ3n) is 2.98. The fraction of sp³-hybridized carbons (Fsp3) is 0.500. The molecule has 0 aromatic heterocycles. The Labute approximate surface area is 109 Å². The van der Waals surface area contributed by atoms with Gasteiger partial charge in [0.25, 0.3) is 5.91 Å². The molecule has 0 bridgehead atoms. The van der Waals surface area contributed by atoms with Gasteiger partial charge < -0.3 is 15.3 Å². The Balaban J connectivity index is 2.27. The van der Waals surface area contributed by atoms with Crippen molar-refractivity contribution in [1.29, 1.82) is 0 Å². The van der Waals surface area contributed by atoms with Gasteiger partial charge in [-0.25, -0.2) is 0 Å². The number of amides is 1. The van der Waals surface area contributed by atoms with E-state index in [1.54, 1.807) is 12.1 Å². The van der Waals surface area contributed by atoms with E-state index in [-0.39, 0.29) is 11.7 Å². The van der Waals surface area contributed by atoms with Crippen LogP contribution in [0.4, 0.5) is 0 Å². The molecule has 4 nitrogen and oxygen atoms in total. The fourth-order valence-electron chi connectivity index (χ4n) is 1.50. The number of rotatable bonds is 6. The van der Waals surface area contributed by atoms with Crippen molar-refractivity contribution >= 4 is 5.91 Å². The summed E-state index contributed by atoms with van der Waals surface area (Å²) in [6.45, 7) is 5.92. The SMILES string of the molecule is CC(C)N(C)CCCNC(=O)c1ccc(O)cc1. The molecule has 0 heterocycles. The summed E-state index contributed by atoms with van der Waals surface area (Å²) < 4.78 is 0. The van der Waals surface area contributed by atoms with Crippen molar-refractivity contribution in [3.8, 4) is 5.75 Å². The van der Waals surface area contributed by atoms with Crippen LogP contribution in [0.25, 0.3) is 0 Å². The number of hydrogen-bond acceptors (Lipinski definition) is 3. The molecule has 0 aliphatic heterocycles. The first kappa shape index (κ1) is 14.5. The summed E-state index contributed by atoms with van der Waals surface area (Å²) in [6.07, 6.45) is 0.929. The van der Waals surface area contributed by atoms with Gasteiger partial charge in [0.1, 0.15) is 5.75 Å². The quantitative estimate of drug-likeness (QED) is 0.758. The number of nitrogens with zero attached hydrogens (tertiary/aromatic N) is 1. The lowest BCUT2D eigenvalue weighted by atomic mass is 10.2. The summed E-state index contributed by atoms with van der Waals surface area (Å²) in [7, 11) is 2.08. The molecule has 100 valence electrons. The molecular formula is C14H22N2O2. The minimum atomic E-state index is -0.0952. The summed E-state index contributed by atoms with van der Waals surface area (Å²) in [6, 6.07) is 6.79. The minimum Gasteiger partial charge on any atom is -0.508 e. The van der Waals surface area contributed by atoms with E-state index in [0.29, 0.717) is 18.2 Å². The first-order valence-corrected chi connectivity index (χ1v) is 6.28. The van der Waals surface area contributed by atoms with Crippen molar-refractivity contribution in [2.75, 3.05) is 20.1 Å². The summed E-state index contributed by atoms with van der Waals surface area (Å²) in [5, 5.41) is 12.0. The van der Waals surface area contributed by atoms with Crippen LogP contribution >= 0.6 is 0 Å². The van der Waals surface area contributed by atoms with Crippen molar-refractivity contribution < 1.29 is 9.90 Å². The highest BCUT2D eigenvalue weighted by atomic mass is 16.3. The van der Waals surface area contributed by atoms with Crippen molar-refractivity contribution in [2.45, 2.75) is 26.3 Å². The zero-order chi connectivity index (χ0) is 13.5. The number of benzene rings is 1. The van der Waals surface area contributed by atoms with Gasteiger partial charge in [-0.05, 0) is 58.1 Å². The Hall–Kier alpha value is -1.55. The van der Waals surface area contributed by atoms with Crippen LogP contribution in [0.3, 0.4) is 0 Å². The van der Waals surface area contributed by atoms with Crippen LogP contribution in [0, 0.1) is 0 Å².